The lowest BCUT2D eigenvalue weighted by molar-refractivity contribution is -0.0939. The first-order valence-electron chi connectivity index (χ1n) is 7.84. The summed E-state index contributed by atoms with van der Waals surface area (Å²) in [7, 11) is 0. The van der Waals surface area contributed by atoms with Gasteiger partial charge in [-0.2, -0.15) is 0 Å². The van der Waals surface area contributed by atoms with E-state index in [4.69, 9.17) is 16.3 Å². The second-order valence-electron chi connectivity index (χ2n) is 5.99. The van der Waals surface area contributed by atoms with E-state index in [-0.39, 0.29) is 22.5 Å². The average molecular weight is 314 g/mol. The zero-order valence-electron chi connectivity index (χ0n) is 13.1. The van der Waals surface area contributed by atoms with Gasteiger partial charge in [-0.3, -0.25) is 0 Å². The van der Waals surface area contributed by atoms with Crippen molar-refractivity contribution in [3.8, 4) is 0 Å². The van der Waals surface area contributed by atoms with Crippen molar-refractivity contribution in [2.24, 2.45) is 0 Å². The lowest BCUT2D eigenvalue weighted by atomic mass is 9.85. The molecule has 1 saturated heterocycles. The molecule has 1 fully saturated rings. The van der Waals surface area contributed by atoms with Crippen molar-refractivity contribution >= 4 is 11.6 Å². The Labute approximate surface area is 132 Å². The Bertz CT molecular complexity index is 476. The van der Waals surface area contributed by atoms with Crippen molar-refractivity contribution in [2.45, 2.75) is 64.1 Å². The van der Waals surface area contributed by atoms with Crippen molar-refractivity contribution in [3.63, 3.8) is 0 Å². The summed E-state index contributed by atoms with van der Waals surface area (Å²) >= 11 is 5.87. The Morgan fingerprint density at radius 2 is 2.14 bits per heavy atom. The molecule has 0 spiro atoms. The SMILES string of the molecule is CCC1(CC)CC(NC(C)c2ccc(F)c(Cl)c2)CCO1. The molecule has 2 rings (SSSR count). The zero-order chi connectivity index (χ0) is 15.5. The van der Waals surface area contributed by atoms with Crippen LogP contribution < -0.4 is 5.32 Å². The molecule has 0 amide bonds. The summed E-state index contributed by atoms with van der Waals surface area (Å²) in [6.45, 7) is 7.28. The average Bonchev–Trinajstić information content (AvgIpc) is 2.50. The minimum absolute atomic E-state index is 0.01000. The van der Waals surface area contributed by atoms with Crippen LogP contribution in [-0.4, -0.2) is 18.2 Å². The van der Waals surface area contributed by atoms with Crippen molar-refractivity contribution in [1.29, 1.82) is 0 Å². The van der Waals surface area contributed by atoms with E-state index in [1.165, 1.54) is 6.07 Å². The van der Waals surface area contributed by atoms with Gasteiger partial charge in [0.05, 0.1) is 10.6 Å². The van der Waals surface area contributed by atoms with Gasteiger partial charge in [-0.15, -0.1) is 0 Å². The third-order valence-electron chi connectivity index (χ3n) is 4.71. The minimum Gasteiger partial charge on any atom is -0.375 e. The zero-order valence-corrected chi connectivity index (χ0v) is 13.8. The number of rotatable bonds is 5. The molecular formula is C17H25ClFNO. The fourth-order valence-electron chi connectivity index (χ4n) is 3.14. The molecule has 4 heteroatoms. The highest BCUT2D eigenvalue weighted by molar-refractivity contribution is 6.30. The smallest absolute Gasteiger partial charge is 0.141 e. The van der Waals surface area contributed by atoms with Crippen LogP contribution in [-0.2, 0) is 4.74 Å². The Kier molecular flexibility index (Phi) is 5.64. The van der Waals surface area contributed by atoms with Crippen LogP contribution in [0.4, 0.5) is 4.39 Å². The Balaban J connectivity index is 2.01. The first-order chi connectivity index (χ1) is 9.99. The molecule has 1 N–H and O–H groups in total. The van der Waals surface area contributed by atoms with Gasteiger partial charge in [0.15, 0.2) is 0 Å². The first-order valence-corrected chi connectivity index (χ1v) is 8.22. The van der Waals surface area contributed by atoms with Crippen molar-refractivity contribution in [1.82, 2.24) is 5.32 Å². The summed E-state index contributed by atoms with van der Waals surface area (Å²) in [5.41, 5.74) is 1.03. The molecule has 2 unspecified atom stereocenters. The van der Waals surface area contributed by atoms with E-state index in [0.717, 1.165) is 37.9 Å². The normalized spacial score (nSPS) is 23.0. The highest BCUT2D eigenvalue weighted by Crippen LogP contribution is 2.32. The van der Waals surface area contributed by atoms with Gasteiger partial charge in [-0.05, 0) is 50.3 Å². The van der Waals surface area contributed by atoms with Crippen LogP contribution in [0.3, 0.4) is 0 Å². The third kappa shape index (κ3) is 3.97. The van der Waals surface area contributed by atoms with Crippen LogP contribution in [0.2, 0.25) is 5.02 Å². The number of ether oxygens (including phenoxy) is 1. The van der Waals surface area contributed by atoms with E-state index in [1.54, 1.807) is 12.1 Å². The van der Waals surface area contributed by atoms with Gasteiger partial charge in [0.2, 0.25) is 0 Å². The maximum atomic E-state index is 13.2. The molecule has 0 aliphatic carbocycles. The molecule has 0 radical (unpaired) electrons. The largest absolute Gasteiger partial charge is 0.375 e. The first kappa shape index (κ1) is 16.7. The third-order valence-corrected chi connectivity index (χ3v) is 5.00. The number of hydrogen-bond acceptors (Lipinski definition) is 2. The van der Waals surface area contributed by atoms with Gasteiger partial charge in [0, 0.05) is 18.7 Å². The van der Waals surface area contributed by atoms with E-state index < -0.39 is 0 Å². The molecule has 2 atom stereocenters. The Morgan fingerprint density at radius 3 is 2.76 bits per heavy atom. The molecule has 0 saturated carbocycles. The molecular weight excluding hydrogens is 289 g/mol. The highest BCUT2D eigenvalue weighted by Gasteiger charge is 2.34. The highest BCUT2D eigenvalue weighted by atomic mass is 35.5. The molecule has 1 aromatic carbocycles. The summed E-state index contributed by atoms with van der Waals surface area (Å²) in [4.78, 5) is 0. The van der Waals surface area contributed by atoms with Crippen LogP contribution in [0, 0.1) is 5.82 Å². The number of nitrogens with one attached hydrogen (secondary N) is 1. The van der Waals surface area contributed by atoms with Gasteiger partial charge >= 0.3 is 0 Å². The second kappa shape index (κ2) is 7.08. The predicted octanol–water partition coefficient (Wildman–Crippen LogP) is 4.87. The van der Waals surface area contributed by atoms with E-state index in [9.17, 15) is 4.39 Å². The quantitative estimate of drug-likeness (QED) is 0.837. The monoisotopic (exact) mass is 313 g/mol. The minimum atomic E-state index is -0.366. The van der Waals surface area contributed by atoms with Crippen LogP contribution >= 0.6 is 11.6 Å². The predicted molar refractivity (Wildman–Crippen MR) is 85.2 cm³/mol. The van der Waals surface area contributed by atoms with Gasteiger partial charge in [-0.25, -0.2) is 4.39 Å². The summed E-state index contributed by atoms with van der Waals surface area (Å²) in [6.07, 6.45) is 4.12. The Hall–Kier alpha value is -0.640. The van der Waals surface area contributed by atoms with E-state index >= 15 is 0 Å². The molecule has 1 heterocycles. The number of halogens is 2. The van der Waals surface area contributed by atoms with Crippen molar-refractivity contribution in [2.75, 3.05) is 6.61 Å². The summed E-state index contributed by atoms with van der Waals surface area (Å²) in [6, 6.07) is 5.52. The molecule has 1 aliphatic rings. The van der Waals surface area contributed by atoms with Crippen LogP contribution in [0.25, 0.3) is 0 Å². The van der Waals surface area contributed by atoms with E-state index in [1.807, 2.05) is 0 Å². The fourth-order valence-corrected chi connectivity index (χ4v) is 3.33. The van der Waals surface area contributed by atoms with Gasteiger partial charge < -0.3 is 10.1 Å². The maximum Gasteiger partial charge on any atom is 0.141 e. The van der Waals surface area contributed by atoms with Gasteiger partial charge in [0.25, 0.3) is 0 Å². The molecule has 2 nitrogen and oxygen atoms in total. The molecule has 1 aromatic rings. The number of benzene rings is 1. The molecule has 0 aromatic heterocycles. The van der Waals surface area contributed by atoms with Gasteiger partial charge in [-0.1, -0.05) is 31.5 Å². The lowest BCUT2D eigenvalue weighted by Crippen LogP contribution is -2.47. The molecule has 118 valence electrons. The standard InChI is InChI=1S/C17H25ClFNO/c1-4-17(5-2)11-14(8-9-21-17)20-12(3)13-6-7-16(19)15(18)10-13/h6-7,10,12,14,20H,4-5,8-9,11H2,1-3H3. The van der Waals surface area contributed by atoms with E-state index in [0.29, 0.717) is 6.04 Å². The topological polar surface area (TPSA) is 21.3 Å². The van der Waals surface area contributed by atoms with Crippen molar-refractivity contribution in [3.05, 3.63) is 34.6 Å². The summed E-state index contributed by atoms with van der Waals surface area (Å²) < 4.78 is 19.3. The fraction of sp³-hybridized carbons (Fsp3) is 0.647. The molecule has 21 heavy (non-hydrogen) atoms. The van der Waals surface area contributed by atoms with Crippen LogP contribution in [0.15, 0.2) is 18.2 Å². The summed E-state index contributed by atoms with van der Waals surface area (Å²) in [5.74, 6) is -0.366. The molecule has 1 aliphatic heterocycles. The van der Waals surface area contributed by atoms with Crippen LogP contribution in [0.5, 0.6) is 0 Å². The van der Waals surface area contributed by atoms with Gasteiger partial charge in [0.1, 0.15) is 5.82 Å². The maximum absolute atomic E-state index is 13.2. The Morgan fingerprint density at radius 1 is 1.43 bits per heavy atom. The second-order valence-corrected chi connectivity index (χ2v) is 6.40. The molecule has 0 bridgehead atoms. The van der Waals surface area contributed by atoms with E-state index in [2.05, 4.69) is 26.1 Å². The van der Waals surface area contributed by atoms with Crippen molar-refractivity contribution < 1.29 is 9.13 Å². The summed E-state index contributed by atoms with van der Waals surface area (Å²) in [5, 5.41) is 3.83. The number of hydrogen-bond donors (Lipinski definition) is 1. The van der Waals surface area contributed by atoms with Crippen LogP contribution in [0.1, 0.15) is 58.1 Å². The lowest BCUT2D eigenvalue weighted by Gasteiger charge is -2.41.